The van der Waals surface area contributed by atoms with Gasteiger partial charge in [0.1, 0.15) is 0 Å². The smallest absolute Gasteiger partial charge is 0.0111 e. The van der Waals surface area contributed by atoms with Gasteiger partial charge in [0, 0.05) is 5.92 Å². The molecule has 1 atom stereocenters. The molecule has 0 heteroatoms. The lowest BCUT2D eigenvalue weighted by Gasteiger charge is -2.41. The topological polar surface area (TPSA) is 0 Å². The predicted octanol–water partition coefficient (Wildman–Crippen LogP) is 5.61. The lowest BCUT2D eigenvalue weighted by molar-refractivity contribution is 0.278. The van der Waals surface area contributed by atoms with E-state index in [1.807, 2.05) is 0 Å². The molecule has 0 saturated heterocycles. The monoisotopic (exact) mass is 254 g/mol. The first-order chi connectivity index (χ1) is 8.71. The van der Waals surface area contributed by atoms with E-state index >= 15 is 0 Å². The summed E-state index contributed by atoms with van der Waals surface area (Å²) in [6.45, 7) is 14.0. The highest BCUT2D eigenvalue weighted by molar-refractivity contribution is 5.53. The summed E-state index contributed by atoms with van der Waals surface area (Å²) in [7, 11) is 0. The summed E-state index contributed by atoms with van der Waals surface area (Å²) < 4.78 is 0. The Morgan fingerprint density at radius 3 is 1.84 bits per heavy atom. The Morgan fingerprint density at radius 2 is 1.37 bits per heavy atom. The van der Waals surface area contributed by atoms with E-state index in [-0.39, 0.29) is 10.8 Å². The zero-order chi connectivity index (χ0) is 14.3. The molecule has 19 heavy (non-hydrogen) atoms. The van der Waals surface area contributed by atoms with Crippen molar-refractivity contribution in [3.63, 3.8) is 0 Å². The molecule has 0 spiro atoms. The minimum Gasteiger partial charge on any atom is -0.0620 e. The second-order valence-electron chi connectivity index (χ2n) is 7.66. The Labute approximate surface area is 118 Å². The fraction of sp³-hybridized carbons (Fsp3) is 0.474. The largest absolute Gasteiger partial charge is 0.0620 e. The molecular formula is C19H26. The molecule has 2 aliphatic carbocycles. The lowest BCUT2D eigenvalue weighted by atomic mass is 9.63. The van der Waals surface area contributed by atoms with Crippen LogP contribution < -0.4 is 0 Å². The summed E-state index contributed by atoms with van der Waals surface area (Å²) in [6.07, 6.45) is 15.5. The zero-order valence-electron chi connectivity index (χ0n) is 13.1. The van der Waals surface area contributed by atoms with Crippen LogP contribution in [0.15, 0.2) is 59.3 Å². The second kappa shape index (κ2) is 4.67. The van der Waals surface area contributed by atoms with Gasteiger partial charge in [0.05, 0.1) is 0 Å². The SMILES string of the molecule is CC(C)(C)C1=CC=CC(=C2C=CC=C2)C1C(C)(C)C. The van der Waals surface area contributed by atoms with E-state index in [0.717, 1.165) is 0 Å². The maximum absolute atomic E-state index is 2.35. The Balaban J connectivity index is 2.57. The molecule has 1 unspecified atom stereocenters. The normalized spacial score (nSPS) is 23.3. The molecule has 0 aliphatic heterocycles. The maximum Gasteiger partial charge on any atom is 0.0111 e. The van der Waals surface area contributed by atoms with Crippen molar-refractivity contribution in [3.05, 3.63) is 59.3 Å². The van der Waals surface area contributed by atoms with Gasteiger partial charge in [-0.15, -0.1) is 0 Å². The average Bonchev–Trinajstić information content (AvgIpc) is 2.79. The van der Waals surface area contributed by atoms with E-state index in [0.29, 0.717) is 5.92 Å². The first-order valence-corrected chi connectivity index (χ1v) is 7.19. The molecule has 2 rings (SSSR count). The minimum absolute atomic E-state index is 0.209. The number of hydrogen-bond acceptors (Lipinski definition) is 0. The van der Waals surface area contributed by atoms with Crippen molar-refractivity contribution in [3.8, 4) is 0 Å². The van der Waals surface area contributed by atoms with Crippen molar-refractivity contribution in [2.45, 2.75) is 41.5 Å². The van der Waals surface area contributed by atoms with E-state index in [1.165, 1.54) is 11.1 Å². The van der Waals surface area contributed by atoms with Crippen LogP contribution in [-0.2, 0) is 0 Å². The van der Waals surface area contributed by atoms with Gasteiger partial charge in [-0.1, -0.05) is 89.6 Å². The first kappa shape index (κ1) is 14.1. The van der Waals surface area contributed by atoms with Gasteiger partial charge in [-0.3, -0.25) is 0 Å². The summed E-state index contributed by atoms with van der Waals surface area (Å²) in [5.74, 6) is 0.486. The van der Waals surface area contributed by atoms with E-state index in [4.69, 9.17) is 0 Å². The first-order valence-electron chi connectivity index (χ1n) is 7.19. The van der Waals surface area contributed by atoms with E-state index in [9.17, 15) is 0 Å². The molecule has 0 bridgehead atoms. The van der Waals surface area contributed by atoms with Gasteiger partial charge in [-0.25, -0.2) is 0 Å². The fourth-order valence-corrected chi connectivity index (χ4v) is 3.06. The van der Waals surface area contributed by atoms with Crippen LogP contribution in [0.3, 0.4) is 0 Å². The molecule has 0 aromatic carbocycles. The number of hydrogen-bond donors (Lipinski definition) is 0. The highest BCUT2D eigenvalue weighted by atomic mass is 14.4. The van der Waals surface area contributed by atoms with Crippen molar-refractivity contribution in [2.75, 3.05) is 0 Å². The van der Waals surface area contributed by atoms with Gasteiger partial charge in [-0.05, 0) is 22.0 Å². The van der Waals surface area contributed by atoms with Crippen LogP contribution in [0.25, 0.3) is 0 Å². The van der Waals surface area contributed by atoms with Crippen molar-refractivity contribution < 1.29 is 0 Å². The third-order valence-corrected chi connectivity index (χ3v) is 3.90. The molecule has 0 fully saturated rings. The molecule has 0 aromatic rings. The van der Waals surface area contributed by atoms with Gasteiger partial charge in [0.25, 0.3) is 0 Å². The van der Waals surface area contributed by atoms with Crippen molar-refractivity contribution in [1.29, 1.82) is 0 Å². The molecule has 0 amide bonds. The van der Waals surface area contributed by atoms with E-state index < -0.39 is 0 Å². The molecule has 0 aromatic heterocycles. The quantitative estimate of drug-likeness (QED) is 0.527. The molecular weight excluding hydrogens is 228 g/mol. The highest BCUT2D eigenvalue weighted by Gasteiger charge is 2.37. The van der Waals surface area contributed by atoms with Gasteiger partial charge >= 0.3 is 0 Å². The third-order valence-electron chi connectivity index (χ3n) is 3.90. The lowest BCUT2D eigenvalue weighted by Crippen LogP contribution is -2.31. The van der Waals surface area contributed by atoms with Gasteiger partial charge in [-0.2, -0.15) is 0 Å². The van der Waals surface area contributed by atoms with Crippen LogP contribution in [0.4, 0.5) is 0 Å². The second-order valence-corrected chi connectivity index (χ2v) is 7.66. The third kappa shape index (κ3) is 2.83. The summed E-state index contributed by atoms with van der Waals surface area (Å²) in [4.78, 5) is 0. The highest BCUT2D eigenvalue weighted by Crippen LogP contribution is 2.48. The Morgan fingerprint density at radius 1 is 0.789 bits per heavy atom. The number of allylic oxidation sites excluding steroid dienone is 10. The van der Waals surface area contributed by atoms with Gasteiger partial charge < -0.3 is 0 Å². The van der Waals surface area contributed by atoms with Crippen LogP contribution >= 0.6 is 0 Å². The van der Waals surface area contributed by atoms with Gasteiger partial charge in [0.15, 0.2) is 0 Å². The maximum atomic E-state index is 2.35. The van der Waals surface area contributed by atoms with Gasteiger partial charge in [0.2, 0.25) is 0 Å². The summed E-state index contributed by atoms with van der Waals surface area (Å²) in [5.41, 5.74) is 4.81. The number of rotatable bonds is 0. The zero-order valence-corrected chi connectivity index (χ0v) is 13.1. The average molecular weight is 254 g/mol. The van der Waals surface area contributed by atoms with Crippen molar-refractivity contribution in [2.24, 2.45) is 16.7 Å². The predicted molar refractivity (Wildman–Crippen MR) is 84.9 cm³/mol. The van der Waals surface area contributed by atoms with Crippen LogP contribution in [-0.4, -0.2) is 0 Å². The minimum atomic E-state index is 0.209. The Bertz CT molecular complexity index is 491. The molecule has 102 valence electrons. The molecule has 0 radical (unpaired) electrons. The fourth-order valence-electron chi connectivity index (χ4n) is 3.06. The van der Waals surface area contributed by atoms with Crippen LogP contribution in [0, 0.1) is 16.7 Å². The van der Waals surface area contributed by atoms with Crippen LogP contribution in [0.2, 0.25) is 0 Å². The molecule has 0 N–H and O–H groups in total. The van der Waals surface area contributed by atoms with Crippen molar-refractivity contribution >= 4 is 0 Å². The Hall–Kier alpha value is -1.30. The molecule has 0 saturated carbocycles. The van der Waals surface area contributed by atoms with E-state index in [1.54, 1.807) is 5.57 Å². The summed E-state index contributed by atoms with van der Waals surface area (Å²) in [5, 5.41) is 0. The molecule has 2 aliphatic rings. The van der Waals surface area contributed by atoms with Crippen LogP contribution in [0.1, 0.15) is 41.5 Å². The Kier molecular flexibility index (Phi) is 3.47. The summed E-state index contributed by atoms with van der Waals surface area (Å²) >= 11 is 0. The summed E-state index contributed by atoms with van der Waals surface area (Å²) in [6, 6.07) is 0. The molecule has 0 nitrogen and oxygen atoms in total. The van der Waals surface area contributed by atoms with Crippen LogP contribution in [0.5, 0.6) is 0 Å². The van der Waals surface area contributed by atoms with E-state index in [2.05, 4.69) is 84.1 Å². The molecule has 0 heterocycles. The van der Waals surface area contributed by atoms with Crippen molar-refractivity contribution in [1.82, 2.24) is 0 Å². The standard InChI is InChI=1S/C19H26/c1-18(2,3)16-13-9-12-15(14-10-7-8-11-14)17(16)19(4,5)6/h7-13,17H,1-6H3.